The smallest absolute Gasteiger partial charge is 0.326 e. The fourth-order valence-electron chi connectivity index (χ4n) is 1.65. The topological polar surface area (TPSA) is 80.7 Å². The lowest BCUT2D eigenvalue weighted by Crippen LogP contribution is -2.31. The predicted octanol–water partition coefficient (Wildman–Crippen LogP) is 2.56. The van der Waals surface area contributed by atoms with E-state index in [4.69, 9.17) is 9.29 Å². The molecule has 1 N–H and O–H groups in total. The first-order chi connectivity index (χ1) is 8.43. The van der Waals surface area contributed by atoms with E-state index >= 15 is 0 Å². The van der Waals surface area contributed by atoms with E-state index in [0.29, 0.717) is 0 Å². The average molecular weight is 280 g/mol. The molecule has 0 aliphatic carbocycles. The Morgan fingerprint density at radius 3 is 2.17 bits per heavy atom. The number of carbonyl (C=O) groups excluding carboxylic acids is 1. The Hall–Kier alpha value is -0.620. The molecular formula is C12H24O5S. The highest BCUT2D eigenvalue weighted by Crippen LogP contribution is 2.08. The van der Waals surface area contributed by atoms with Crippen LogP contribution < -0.4 is 0 Å². The maximum atomic E-state index is 11.4. The fourth-order valence-corrected chi connectivity index (χ4v) is 2.38. The van der Waals surface area contributed by atoms with Crippen LogP contribution in [0.1, 0.15) is 58.8 Å². The zero-order chi connectivity index (χ0) is 14.0. The van der Waals surface area contributed by atoms with Crippen molar-refractivity contribution in [2.24, 2.45) is 0 Å². The lowest BCUT2D eigenvalue weighted by atomic mass is 10.1. The predicted molar refractivity (Wildman–Crippen MR) is 70.0 cm³/mol. The summed E-state index contributed by atoms with van der Waals surface area (Å²) in [5, 5.41) is -1.45. The zero-order valence-corrected chi connectivity index (χ0v) is 12.0. The van der Waals surface area contributed by atoms with Crippen molar-refractivity contribution in [1.29, 1.82) is 0 Å². The van der Waals surface area contributed by atoms with E-state index < -0.39 is 21.3 Å². The molecule has 108 valence electrons. The second-order valence-electron chi connectivity index (χ2n) is 4.35. The minimum absolute atomic E-state index is 0.0220. The molecule has 0 fully saturated rings. The molecule has 18 heavy (non-hydrogen) atoms. The molecule has 0 saturated carbocycles. The molecule has 0 amide bonds. The van der Waals surface area contributed by atoms with Crippen LogP contribution in [0.25, 0.3) is 0 Å². The summed E-state index contributed by atoms with van der Waals surface area (Å²) in [5.41, 5.74) is 0. The van der Waals surface area contributed by atoms with Crippen LogP contribution in [0.3, 0.4) is 0 Å². The summed E-state index contributed by atoms with van der Waals surface area (Å²) >= 11 is 0. The number of carbonyl (C=O) groups is 1. The number of hydrogen-bond acceptors (Lipinski definition) is 4. The molecule has 1 unspecified atom stereocenters. The third kappa shape index (κ3) is 7.66. The second-order valence-corrected chi connectivity index (χ2v) is 5.95. The van der Waals surface area contributed by atoms with Gasteiger partial charge in [-0.3, -0.25) is 9.35 Å². The number of esters is 1. The minimum Gasteiger partial charge on any atom is -0.465 e. The summed E-state index contributed by atoms with van der Waals surface area (Å²) in [6.07, 6.45) is 6.39. The van der Waals surface area contributed by atoms with Crippen LogP contribution in [0.4, 0.5) is 0 Å². The van der Waals surface area contributed by atoms with Crippen LogP contribution in [0.15, 0.2) is 0 Å². The molecule has 1 atom stereocenters. The molecule has 0 aromatic rings. The van der Waals surface area contributed by atoms with E-state index in [1.165, 1.54) is 26.2 Å². The summed E-state index contributed by atoms with van der Waals surface area (Å²) in [6, 6.07) is 0. The van der Waals surface area contributed by atoms with E-state index in [1.807, 2.05) is 0 Å². The summed E-state index contributed by atoms with van der Waals surface area (Å²) in [7, 11) is -4.34. The fraction of sp³-hybridized carbons (Fsp3) is 0.917. The van der Waals surface area contributed by atoms with Gasteiger partial charge in [-0.15, -0.1) is 0 Å². The molecule has 0 bridgehead atoms. The summed E-state index contributed by atoms with van der Waals surface area (Å²) in [5.74, 6) is -0.853. The highest BCUT2D eigenvalue weighted by atomic mass is 32.2. The van der Waals surface area contributed by atoms with Crippen molar-refractivity contribution < 1.29 is 22.5 Å². The Kier molecular flexibility index (Phi) is 9.01. The highest BCUT2D eigenvalue weighted by Gasteiger charge is 2.30. The lowest BCUT2D eigenvalue weighted by molar-refractivity contribution is -0.143. The highest BCUT2D eigenvalue weighted by molar-refractivity contribution is 7.87. The van der Waals surface area contributed by atoms with Gasteiger partial charge in [-0.2, -0.15) is 8.42 Å². The van der Waals surface area contributed by atoms with Gasteiger partial charge in [-0.05, 0) is 12.8 Å². The van der Waals surface area contributed by atoms with Gasteiger partial charge in [0, 0.05) is 0 Å². The normalized spacial score (nSPS) is 13.3. The van der Waals surface area contributed by atoms with Gasteiger partial charge in [0.2, 0.25) is 0 Å². The van der Waals surface area contributed by atoms with Gasteiger partial charge < -0.3 is 4.74 Å². The van der Waals surface area contributed by atoms with E-state index in [9.17, 15) is 13.2 Å². The first-order valence-electron chi connectivity index (χ1n) is 6.56. The maximum Gasteiger partial charge on any atom is 0.326 e. The summed E-state index contributed by atoms with van der Waals surface area (Å²) in [4.78, 5) is 11.4. The molecule has 0 rings (SSSR count). The molecule has 6 heteroatoms. The van der Waals surface area contributed by atoms with Crippen molar-refractivity contribution in [2.75, 3.05) is 6.61 Å². The molecule has 0 aromatic heterocycles. The standard InChI is InChI=1S/C12H24O5S/c1-3-5-6-7-8-9-10-17-12(13)11(4-2)18(14,15)16/h11H,3-10H2,1-2H3,(H,14,15,16). The Balaban J connectivity index is 3.76. The van der Waals surface area contributed by atoms with Gasteiger partial charge in [-0.1, -0.05) is 46.0 Å². The van der Waals surface area contributed by atoms with Crippen molar-refractivity contribution >= 4 is 16.1 Å². The molecule has 0 radical (unpaired) electrons. The van der Waals surface area contributed by atoms with Crippen molar-refractivity contribution in [3.63, 3.8) is 0 Å². The van der Waals surface area contributed by atoms with Crippen LogP contribution in [0.2, 0.25) is 0 Å². The SMILES string of the molecule is CCCCCCCCOC(=O)C(CC)S(=O)(=O)O. The molecule has 0 spiro atoms. The first-order valence-corrected chi connectivity index (χ1v) is 8.06. The largest absolute Gasteiger partial charge is 0.465 e. The number of ether oxygens (including phenoxy) is 1. The summed E-state index contributed by atoms with van der Waals surface area (Å²) in [6.45, 7) is 3.88. The van der Waals surface area contributed by atoms with Crippen LogP contribution in [0, 0.1) is 0 Å². The van der Waals surface area contributed by atoms with E-state index in [-0.39, 0.29) is 13.0 Å². The maximum absolute atomic E-state index is 11.4. The molecule has 0 aliphatic rings. The Morgan fingerprint density at radius 1 is 1.11 bits per heavy atom. The Labute approximate surface area is 110 Å². The Morgan fingerprint density at radius 2 is 1.67 bits per heavy atom. The van der Waals surface area contributed by atoms with Crippen LogP contribution >= 0.6 is 0 Å². The van der Waals surface area contributed by atoms with Crippen LogP contribution in [0.5, 0.6) is 0 Å². The first kappa shape index (κ1) is 17.4. The van der Waals surface area contributed by atoms with Crippen LogP contribution in [-0.2, 0) is 19.6 Å². The van der Waals surface area contributed by atoms with Crippen molar-refractivity contribution in [2.45, 2.75) is 64.0 Å². The second kappa shape index (κ2) is 9.33. The van der Waals surface area contributed by atoms with Gasteiger partial charge in [0.25, 0.3) is 10.1 Å². The molecule has 0 saturated heterocycles. The zero-order valence-electron chi connectivity index (χ0n) is 11.2. The van der Waals surface area contributed by atoms with E-state index in [2.05, 4.69) is 6.92 Å². The number of rotatable bonds is 10. The average Bonchev–Trinajstić information content (AvgIpc) is 2.27. The van der Waals surface area contributed by atoms with Gasteiger partial charge in [0.1, 0.15) is 0 Å². The van der Waals surface area contributed by atoms with E-state index in [0.717, 1.165) is 19.3 Å². The molecule has 5 nitrogen and oxygen atoms in total. The molecule has 0 heterocycles. The van der Waals surface area contributed by atoms with Gasteiger partial charge in [-0.25, -0.2) is 0 Å². The number of unbranched alkanes of at least 4 members (excludes halogenated alkanes) is 5. The van der Waals surface area contributed by atoms with Crippen molar-refractivity contribution in [1.82, 2.24) is 0 Å². The minimum atomic E-state index is -4.34. The van der Waals surface area contributed by atoms with Gasteiger partial charge >= 0.3 is 5.97 Å². The molecule has 0 aliphatic heterocycles. The number of hydrogen-bond donors (Lipinski definition) is 1. The monoisotopic (exact) mass is 280 g/mol. The van der Waals surface area contributed by atoms with E-state index in [1.54, 1.807) is 0 Å². The van der Waals surface area contributed by atoms with Gasteiger partial charge in [0.05, 0.1) is 6.61 Å². The molecular weight excluding hydrogens is 256 g/mol. The quantitative estimate of drug-likeness (QED) is 0.378. The molecule has 0 aromatic carbocycles. The third-order valence-electron chi connectivity index (χ3n) is 2.74. The third-order valence-corrected chi connectivity index (χ3v) is 3.98. The van der Waals surface area contributed by atoms with Crippen molar-refractivity contribution in [3.05, 3.63) is 0 Å². The van der Waals surface area contributed by atoms with Crippen molar-refractivity contribution in [3.8, 4) is 0 Å². The lowest BCUT2D eigenvalue weighted by Gasteiger charge is -2.11. The van der Waals surface area contributed by atoms with Crippen LogP contribution in [-0.4, -0.2) is 30.8 Å². The van der Waals surface area contributed by atoms with Gasteiger partial charge in [0.15, 0.2) is 5.25 Å². The Bertz CT molecular complexity index is 323. The summed E-state index contributed by atoms with van der Waals surface area (Å²) < 4.78 is 35.4.